The minimum atomic E-state index is -0.562. The van der Waals surface area contributed by atoms with Crippen molar-refractivity contribution < 1.29 is 19.1 Å². The Morgan fingerprint density at radius 3 is 2.58 bits per heavy atom. The molecule has 0 saturated carbocycles. The molecule has 8 heteroatoms. The van der Waals surface area contributed by atoms with E-state index in [9.17, 15) is 9.59 Å². The largest absolute Gasteiger partial charge is 0.497 e. The molecule has 4 rings (SSSR count). The van der Waals surface area contributed by atoms with Crippen LogP contribution in [0.2, 0.25) is 0 Å². The van der Waals surface area contributed by atoms with E-state index in [1.165, 1.54) is 0 Å². The van der Waals surface area contributed by atoms with Crippen LogP contribution in [0, 0.1) is 6.92 Å². The number of ether oxygens (including phenoxy) is 2. The zero-order valence-corrected chi connectivity index (χ0v) is 19.3. The van der Waals surface area contributed by atoms with Gasteiger partial charge in [-0.25, -0.2) is 0 Å². The molecule has 1 atom stereocenters. The number of aromatic nitrogens is 2. The number of fused-ring (bicyclic) bond motifs is 1. The maximum atomic E-state index is 13.4. The van der Waals surface area contributed by atoms with Crippen LogP contribution in [0.1, 0.15) is 38.7 Å². The molecule has 3 aromatic rings. The average molecular weight is 449 g/mol. The van der Waals surface area contributed by atoms with Crippen LogP contribution in [-0.4, -0.2) is 47.3 Å². The molecule has 0 saturated heterocycles. The maximum absolute atomic E-state index is 13.4. The van der Waals surface area contributed by atoms with Crippen LogP contribution in [-0.2, 0) is 24.9 Å². The fourth-order valence-electron chi connectivity index (χ4n) is 4.23. The molecule has 0 fully saturated rings. The van der Waals surface area contributed by atoms with Crippen LogP contribution < -0.4 is 14.8 Å². The highest BCUT2D eigenvalue weighted by Crippen LogP contribution is 2.31. The van der Waals surface area contributed by atoms with Crippen molar-refractivity contribution in [3.63, 3.8) is 0 Å². The van der Waals surface area contributed by atoms with Crippen molar-refractivity contribution in [2.24, 2.45) is 7.05 Å². The highest BCUT2D eigenvalue weighted by Gasteiger charge is 2.36. The van der Waals surface area contributed by atoms with Gasteiger partial charge in [0.2, 0.25) is 5.91 Å². The monoisotopic (exact) mass is 448 g/mol. The molecular weight excluding hydrogens is 420 g/mol. The number of aryl methyl sites for hydroxylation is 2. The fourth-order valence-corrected chi connectivity index (χ4v) is 4.23. The molecule has 1 aliphatic rings. The van der Waals surface area contributed by atoms with Gasteiger partial charge in [-0.1, -0.05) is 24.3 Å². The summed E-state index contributed by atoms with van der Waals surface area (Å²) in [5.41, 5.74) is 3.91. The van der Waals surface area contributed by atoms with Crippen molar-refractivity contribution in [1.29, 1.82) is 0 Å². The second-order valence-corrected chi connectivity index (χ2v) is 8.17. The lowest BCUT2D eigenvalue weighted by molar-refractivity contribution is -0.123. The summed E-state index contributed by atoms with van der Waals surface area (Å²) in [6, 6.07) is 13.0. The van der Waals surface area contributed by atoms with Crippen LogP contribution in [0.4, 0.5) is 0 Å². The lowest BCUT2D eigenvalue weighted by atomic mass is 9.94. The van der Waals surface area contributed by atoms with E-state index >= 15 is 0 Å². The van der Waals surface area contributed by atoms with E-state index in [0.29, 0.717) is 30.1 Å². The molecule has 1 aliphatic heterocycles. The zero-order chi connectivity index (χ0) is 23.5. The Balaban J connectivity index is 1.55. The van der Waals surface area contributed by atoms with E-state index in [0.717, 1.165) is 22.4 Å². The SMILES string of the molecule is COc1ccc(CNC(=O)C2CN(C(=O)c3cccc(C)c3OC)Cc3cn(C)nc32)cc1. The Kier molecular flexibility index (Phi) is 6.35. The predicted molar refractivity (Wildman–Crippen MR) is 123 cm³/mol. The molecule has 0 spiro atoms. The maximum Gasteiger partial charge on any atom is 0.257 e. The summed E-state index contributed by atoms with van der Waals surface area (Å²) in [5.74, 6) is 0.418. The van der Waals surface area contributed by atoms with Crippen LogP contribution >= 0.6 is 0 Å². The summed E-state index contributed by atoms with van der Waals surface area (Å²) in [5, 5.41) is 7.52. The molecule has 2 heterocycles. The molecule has 2 amide bonds. The lowest BCUT2D eigenvalue weighted by Gasteiger charge is -2.32. The first-order chi connectivity index (χ1) is 15.9. The number of methoxy groups -OCH3 is 2. The number of carbonyl (C=O) groups excluding carboxylic acids is 2. The Hall–Kier alpha value is -3.81. The van der Waals surface area contributed by atoms with E-state index in [1.54, 1.807) is 29.9 Å². The highest BCUT2D eigenvalue weighted by atomic mass is 16.5. The Morgan fingerprint density at radius 2 is 1.88 bits per heavy atom. The lowest BCUT2D eigenvalue weighted by Crippen LogP contribution is -2.43. The van der Waals surface area contributed by atoms with E-state index < -0.39 is 5.92 Å². The molecule has 0 radical (unpaired) electrons. The molecule has 33 heavy (non-hydrogen) atoms. The molecular formula is C25H28N4O4. The van der Waals surface area contributed by atoms with Gasteiger partial charge < -0.3 is 19.7 Å². The van der Waals surface area contributed by atoms with E-state index in [4.69, 9.17) is 9.47 Å². The zero-order valence-electron chi connectivity index (χ0n) is 19.3. The quantitative estimate of drug-likeness (QED) is 0.627. The molecule has 1 unspecified atom stereocenters. The minimum absolute atomic E-state index is 0.167. The Bertz CT molecular complexity index is 1170. The number of benzene rings is 2. The number of rotatable bonds is 6. The van der Waals surface area contributed by atoms with Crippen molar-refractivity contribution in [3.05, 3.63) is 76.6 Å². The van der Waals surface area contributed by atoms with Gasteiger partial charge in [0.15, 0.2) is 0 Å². The van der Waals surface area contributed by atoms with Gasteiger partial charge >= 0.3 is 0 Å². The van der Waals surface area contributed by atoms with Gasteiger partial charge in [-0.05, 0) is 36.2 Å². The van der Waals surface area contributed by atoms with Crippen molar-refractivity contribution in [3.8, 4) is 11.5 Å². The molecule has 1 N–H and O–H groups in total. The predicted octanol–water partition coefficient (Wildman–Crippen LogP) is 2.80. The van der Waals surface area contributed by atoms with E-state index in [2.05, 4.69) is 10.4 Å². The third-order valence-electron chi connectivity index (χ3n) is 5.91. The van der Waals surface area contributed by atoms with Gasteiger partial charge in [-0.15, -0.1) is 0 Å². The van der Waals surface area contributed by atoms with Gasteiger partial charge in [0.25, 0.3) is 5.91 Å². The summed E-state index contributed by atoms with van der Waals surface area (Å²) in [4.78, 5) is 28.3. The number of hydrogen-bond donors (Lipinski definition) is 1. The summed E-state index contributed by atoms with van der Waals surface area (Å²) in [6.45, 7) is 2.91. The first-order valence-corrected chi connectivity index (χ1v) is 10.8. The molecule has 2 aromatic carbocycles. The number of para-hydroxylation sites is 1. The summed E-state index contributed by atoms with van der Waals surface area (Å²) in [6.07, 6.45) is 1.87. The number of amides is 2. The number of carbonyl (C=O) groups is 2. The van der Waals surface area contributed by atoms with Crippen LogP contribution in [0.25, 0.3) is 0 Å². The molecule has 0 bridgehead atoms. The van der Waals surface area contributed by atoms with Crippen LogP contribution in [0.5, 0.6) is 11.5 Å². The Labute approximate surface area is 193 Å². The van der Waals surface area contributed by atoms with Crippen LogP contribution in [0.15, 0.2) is 48.7 Å². The normalized spacial score (nSPS) is 15.0. The van der Waals surface area contributed by atoms with Gasteiger partial charge in [0.1, 0.15) is 11.5 Å². The summed E-state index contributed by atoms with van der Waals surface area (Å²) < 4.78 is 12.4. The van der Waals surface area contributed by atoms with Gasteiger partial charge in [0.05, 0.1) is 31.4 Å². The second kappa shape index (κ2) is 9.36. The van der Waals surface area contributed by atoms with E-state index in [1.807, 2.05) is 56.6 Å². The topological polar surface area (TPSA) is 85.7 Å². The smallest absolute Gasteiger partial charge is 0.257 e. The number of nitrogens with one attached hydrogen (secondary N) is 1. The standard InChI is InChI=1S/C25H28N4O4/c1-16-6-5-7-20(23(16)33-4)25(31)29-14-18-13-28(2)27-22(18)21(15-29)24(30)26-12-17-8-10-19(32-3)11-9-17/h5-11,13,21H,12,14-15H2,1-4H3,(H,26,30). The minimum Gasteiger partial charge on any atom is -0.497 e. The second-order valence-electron chi connectivity index (χ2n) is 8.17. The van der Waals surface area contributed by atoms with E-state index in [-0.39, 0.29) is 18.4 Å². The average Bonchev–Trinajstić information content (AvgIpc) is 3.21. The van der Waals surface area contributed by atoms with Gasteiger partial charge in [0, 0.05) is 38.4 Å². The highest BCUT2D eigenvalue weighted by molar-refractivity contribution is 5.98. The molecule has 1 aromatic heterocycles. The third-order valence-corrected chi connectivity index (χ3v) is 5.91. The first-order valence-electron chi connectivity index (χ1n) is 10.8. The number of nitrogens with zero attached hydrogens (tertiary/aromatic N) is 3. The summed E-state index contributed by atoms with van der Waals surface area (Å²) in [7, 11) is 4.99. The molecule has 0 aliphatic carbocycles. The van der Waals surface area contributed by atoms with Crippen molar-refractivity contribution in [1.82, 2.24) is 20.0 Å². The first kappa shape index (κ1) is 22.4. The van der Waals surface area contributed by atoms with Crippen molar-refractivity contribution in [2.75, 3.05) is 20.8 Å². The fraction of sp³-hybridized carbons (Fsp3) is 0.320. The van der Waals surface area contributed by atoms with Crippen molar-refractivity contribution >= 4 is 11.8 Å². The molecule has 8 nitrogen and oxygen atoms in total. The van der Waals surface area contributed by atoms with Gasteiger partial charge in [-0.3, -0.25) is 14.3 Å². The Morgan fingerprint density at radius 1 is 1.12 bits per heavy atom. The number of hydrogen-bond acceptors (Lipinski definition) is 5. The van der Waals surface area contributed by atoms with Gasteiger partial charge in [-0.2, -0.15) is 5.10 Å². The third kappa shape index (κ3) is 4.55. The molecule has 172 valence electrons. The summed E-state index contributed by atoms with van der Waals surface area (Å²) >= 11 is 0. The van der Waals surface area contributed by atoms with Crippen LogP contribution in [0.3, 0.4) is 0 Å². The van der Waals surface area contributed by atoms with Crippen molar-refractivity contribution in [2.45, 2.75) is 25.9 Å².